The molecule has 1 aromatic carbocycles. The highest BCUT2D eigenvalue weighted by Crippen LogP contribution is 2.28. The van der Waals surface area contributed by atoms with Crippen LogP contribution >= 0.6 is 0 Å². The second kappa shape index (κ2) is 7.76. The van der Waals surface area contributed by atoms with Gasteiger partial charge in [0.1, 0.15) is 12.7 Å². The van der Waals surface area contributed by atoms with Crippen molar-refractivity contribution >= 4 is 0 Å². The van der Waals surface area contributed by atoms with E-state index >= 15 is 0 Å². The molecule has 1 saturated carbocycles. The Kier molecular flexibility index (Phi) is 6.00. The summed E-state index contributed by atoms with van der Waals surface area (Å²) in [7, 11) is 0. The van der Waals surface area contributed by atoms with Crippen molar-refractivity contribution < 1.29 is 14.2 Å². The van der Waals surface area contributed by atoms with Gasteiger partial charge in [-0.25, -0.2) is 4.39 Å². The van der Waals surface area contributed by atoms with E-state index in [0.717, 1.165) is 12.3 Å². The fraction of sp³-hybridized carbons (Fsp3) is 0.647. The van der Waals surface area contributed by atoms with Gasteiger partial charge in [-0.1, -0.05) is 26.0 Å². The molecule has 0 spiro atoms. The van der Waals surface area contributed by atoms with Gasteiger partial charge >= 0.3 is 0 Å². The summed E-state index contributed by atoms with van der Waals surface area (Å²) in [5.74, 6) is 1.23. The van der Waals surface area contributed by atoms with Crippen LogP contribution in [0, 0.1) is 17.7 Å². The second-order valence-corrected chi connectivity index (χ2v) is 6.31. The molecular weight excluding hydrogens is 269 g/mol. The van der Waals surface area contributed by atoms with Crippen LogP contribution < -0.4 is 10.1 Å². The fourth-order valence-electron chi connectivity index (χ4n) is 3.06. The van der Waals surface area contributed by atoms with Gasteiger partial charge in [-0.2, -0.15) is 0 Å². The standard InChI is InChI=1S/C17H26FNO2/c1-12-7-8-16(13(2)9-12)19-10-14(20)11-21-17-6-4-3-5-15(17)18/h3-6,12-14,16,19-20H,7-11H2,1-2H3. The lowest BCUT2D eigenvalue weighted by Gasteiger charge is -2.33. The van der Waals surface area contributed by atoms with Gasteiger partial charge in [0.25, 0.3) is 0 Å². The Balaban J connectivity index is 1.70. The van der Waals surface area contributed by atoms with E-state index < -0.39 is 11.9 Å². The van der Waals surface area contributed by atoms with Crippen LogP contribution in [0.15, 0.2) is 24.3 Å². The maximum atomic E-state index is 13.4. The van der Waals surface area contributed by atoms with Gasteiger partial charge in [0.2, 0.25) is 0 Å². The van der Waals surface area contributed by atoms with E-state index in [9.17, 15) is 9.50 Å². The Morgan fingerprint density at radius 3 is 2.81 bits per heavy atom. The number of nitrogens with one attached hydrogen (secondary N) is 1. The first kappa shape index (κ1) is 16.2. The highest BCUT2D eigenvalue weighted by molar-refractivity contribution is 5.23. The molecule has 4 unspecified atom stereocenters. The van der Waals surface area contributed by atoms with Crippen molar-refractivity contribution in [1.29, 1.82) is 0 Å². The number of para-hydroxylation sites is 1. The van der Waals surface area contributed by atoms with Gasteiger partial charge in [0.05, 0.1) is 0 Å². The quantitative estimate of drug-likeness (QED) is 0.848. The molecule has 4 heteroatoms. The lowest BCUT2D eigenvalue weighted by Crippen LogP contribution is -2.43. The van der Waals surface area contributed by atoms with E-state index in [4.69, 9.17) is 4.74 Å². The molecule has 0 radical (unpaired) electrons. The first-order chi connectivity index (χ1) is 10.1. The van der Waals surface area contributed by atoms with Gasteiger partial charge < -0.3 is 15.2 Å². The van der Waals surface area contributed by atoms with Gasteiger partial charge in [-0.05, 0) is 43.2 Å². The minimum absolute atomic E-state index is 0.103. The maximum absolute atomic E-state index is 13.4. The van der Waals surface area contributed by atoms with Crippen LogP contribution in [0.25, 0.3) is 0 Å². The molecule has 4 atom stereocenters. The Morgan fingerprint density at radius 1 is 1.33 bits per heavy atom. The minimum Gasteiger partial charge on any atom is -0.488 e. The number of benzene rings is 1. The van der Waals surface area contributed by atoms with Crippen LogP contribution in [0.1, 0.15) is 33.1 Å². The molecule has 0 saturated heterocycles. The van der Waals surface area contributed by atoms with Crippen molar-refractivity contribution in [2.45, 2.75) is 45.3 Å². The predicted molar refractivity (Wildman–Crippen MR) is 81.9 cm³/mol. The Labute approximate surface area is 126 Å². The number of rotatable bonds is 6. The molecule has 1 fully saturated rings. The molecule has 118 valence electrons. The number of halogens is 1. The van der Waals surface area contributed by atoms with Crippen molar-refractivity contribution in [2.24, 2.45) is 11.8 Å². The molecule has 0 aliphatic heterocycles. The van der Waals surface area contributed by atoms with Crippen molar-refractivity contribution in [1.82, 2.24) is 5.32 Å². The number of ether oxygens (including phenoxy) is 1. The maximum Gasteiger partial charge on any atom is 0.165 e. The lowest BCUT2D eigenvalue weighted by atomic mass is 9.80. The van der Waals surface area contributed by atoms with Crippen LogP contribution in [-0.4, -0.2) is 30.4 Å². The van der Waals surface area contributed by atoms with E-state index in [0.29, 0.717) is 18.5 Å². The number of hydrogen-bond acceptors (Lipinski definition) is 3. The normalized spacial score (nSPS) is 27.3. The van der Waals surface area contributed by atoms with E-state index in [1.165, 1.54) is 18.9 Å². The first-order valence-electron chi connectivity index (χ1n) is 7.85. The molecule has 3 nitrogen and oxygen atoms in total. The average Bonchev–Trinajstić information content (AvgIpc) is 2.45. The number of aliphatic hydroxyl groups excluding tert-OH is 1. The summed E-state index contributed by atoms with van der Waals surface area (Å²) in [5.41, 5.74) is 0. The highest BCUT2D eigenvalue weighted by Gasteiger charge is 2.25. The van der Waals surface area contributed by atoms with E-state index in [-0.39, 0.29) is 12.4 Å². The first-order valence-corrected chi connectivity index (χ1v) is 7.85. The van der Waals surface area contributed by atoms with Gasteiger partial charge in [-0.3, -0.25) is 0 Å². The van der Waals surface area contributed by atoms with Gasteiger partial charge in [-0.15, -0.1) is 0 Å². The summed E-state index contributed by atoms with van der Waals surface area (Å²) < 4.78 is 18.7. The van der Waals surface area contributed by atoms with Crippen LogP contribution in [0.5, 0.6) is 5.75 Å². The molecule has 1 aromatic rings. The van der Waals surface area contributed by atoms with E-state index in [2.05, 4.69) is 19.2 Å². The van der Waals surface area contributed by atoms with E-state index in [1.54, 1.807) is 18.2 Å². The Bertz CT molecular complexity index is 441. The van der Waals surface area contributed by atoms with Crippen molar-refractivity contribution in [3.05, 3.63) is 30.1 Å². The van der Waals surface area contributed by atoms with Crippen LogP contribution in [0.3, 0.4) is 0 Å². The summed E-state index contributed by atoms with van der Waals surface area (Å²) in [6, 6.07) is 6.72. The van der Waals surface area contributed by atoms with Crippen molar-refractivity contribution in [3.8, 4) is 5.75 Å². The zero-order valence-electron chi connectivity index (χ0n) is 12.9. The van der Waals surface area contributed by atoms with Crippen molar-refractivity contribution in [2.75, 3.05) is 13.2 Å². The summed E-state index contributed by atoms with van der Waals surface area (Å²) in [6.45, 7) is 5.14. The zero-order valence-corrected chi connectivity index (χ0v) is 12.9. The number of hydrogen-bond donors (Lipinski definition) is 2. The molecule has 2 N–H and O–H groups in total. The summed E-state index contributed by atoms with van der Waals surface area (Å²) >= 11 is 0. The fourth-order valence-corrected chi connectivity index (χ4v) is 3.06. The molecule has 0 bridgehead atoms. The van der Waals surface area contributed by atoms with Gasteiger partial charge in [0, 0.05) is 12.6 Å². The highest BCUT2D eigenvalue weighted by atomic mass is 19.1. The van der Waals surface area contributed by atoms with Crippen LogP contribution in [0.4, 0.5) is 4.39 Å². The third-order valence-electron chi connectivity index (χ3n) is 4.32. The van der Waals surface area contributed by atoms with Crippen molar-refractivity contribution in [3.63, 3.8) is 0 Å². The average molecular weight is 295 g/mol. The molecule has 0 aromatic heterocycles. The second-order valence-electron chi connectivity index (χ2n) is 6.31. The monoisotopic (exact) mass is 295 g/mol. The smallest absolute Gasteiger partial charge is 0.165 e. The molecule has 21 heavy (non-hydrogen) atoms. The molecule has 0 heterocycles. The van der Waals surface area contributed by atoms with E-state index in [1.807, 2.05) is 0 Å². The zero-order chi connectivity index (χ0) is 15.2. The summed E-state index contributed by atoms with van der Waals surface area (Å²) in [4.78, 5) is 0. The topological polar surface area (TPSA) is 41.5 Å². The summed E-state index contributed by atoms with van der Waals surface area (Å²) in [6.07, 6.45) is 3.00. The minimum atomic E-state index is -0.629. The molecule has 1 aliphatic rings. The SMILES string of the molecule is CC1CCC(NCC(O)COc2ccccc2F)C(C)C1. The summed E-state index contributed by atoms with van der Waals surface area (Å²) in [5, 5.41) is 13.4. The number of aliphatic hydroxyl groups is 1. The van der Waals surface area contributed by atoms with Crippen LogP contribution in [0.2, 0.25) is 0 Å². The molecular formula is C17H26FNO2. The molecule has 0 amide bonds. The Morgan fingerprint density at radius 2 is 2.10 bits per heavy atom. The largest absolute Gasteiger partial charge is 0.488 e. The lowest BCUT2D eigenvalue weighted by molar-refractivity contribution is 0.0946. The molecule has 2 rings (SSSR count). The predicted octanol–water partition coefficient (Wildman–Crippen LogP) is 2.98. The third kappa shape index (κ3) is 4.97. The molecule has 1 aliphatic carbocycles. The third-order valence-corrected chi connectivity index (χ3v) is 4.32. The Hall–Kier alpha value is -1.13. The van der Waals surface area contributed by atoms with Crippen LogP contribution in [-0.2, 0) is 0 Å². The van der Waals surface area contributed by atoms with Gasteiger partial charge in [0.15, 0.2) is 11.6 Å².